The summed E-state index contributed by atoms with van der Waals surface area (Å²) in [4.78, 5) is 37.2. The zero-order chi connectivity index (χ0) is 27.1. The number of esters is 1. The fourth-order valence-corrected chi connectivity index (χ4v) is 4.34. The minimum absolute atomic E-state index is 0.0380. The van der Waals surface area contributed by atoms with Gasteiger partial charge in [0.2, 0.25) is 10.9 Å². The Morgan fingerprint density at radius 2 is 2.16 bits per heavy atom. The lowest BCUT2D eigenvalue weighted by molar-refractivity contribution is -0.157. The smallest absolute Gasteiger partial charge is 0.461 e. The van der Waals surface area contributed by atoms with Crippen molar-refractivity contribution in [1.82, 2.24) is 19.5 Å². The Morgan fingerprint density at radius 1 is 1.32 bits per heavy atom. The molecule has 0 amide bonds. The van der Waals surface area contributed by atoms with Gasteiger partial charge in [0.05, 0.1) is 5.39 Å². The van der Waals surface area contributed by atoms with Crippen molar-refractivity contribution in [1.29, 1.82) is 0 Å². The molecule has 1 saturated heterocycles. The standard InChI is InChI=1S/C26H28ClN5O6/c1-3-5-6-9-21(33)36-16-26(4-2)19(37-25(34)35-15-17-8-7-11-29-14-17)13-20(38-26)32-12-10-18-22(28)30-24(27)31-23(18)32/h2,7-8,10-12,14,19-20H,3,5-6,9,13,15-16H2,1H3,(H2,28,30,31)/t19-,20+,26+/m0/s1. The third-order valence-electron chi connectivity index (χ3n) is 6.16. The average molecular weight is 542 g/mol. The number of nitrogens with zero attached hydrogens (tertiary/aromatic N) is 4. The number of fused-ring (bicyclic) bond motifs is 1. The summed E-state index contributed by atoms with van der Waals surface area (Å²) >= 11 is 6.03. The lowest BCUT2D eigenvalue weighted by atomic mass is 9.98. The molecule has 0 saturated carbocycles. The Labute approximate surface area is 224 Å². The van der Waals surface area contributed by atoms with E-state index in [-0.39, 0.29) is 37.2 Å². The number of nitrogen functional groups attached to an aromatic ring is 1. The molecule has 0 bridgehead atoms. The molecule has 3 aromatic heterocycles. The number of unbranched alkanes of at least 4 members (excludes halogenated alkanes) is 2. The van der Waals surface area contributed by atoms with Crippen molar-refractivity contribution in [2.75, 3.05) is 12.3 Å². The van der Waals surface area contributed by atoms with Gasteiger partial charge in [-0.05, 0) is 30.2 Å². The van der Waals surface area contributed by atoms with E-state index in [1.54, 1.807) is 41.4 Å². The number of carbonyl (C=O) groups is 2. The Kier molecular flexibility index (Phi) is 8.66. The molecule has 0 aliphatic carbocycles. The largest absolute Gasteiger partial charge is 0.509 e. The predicted molar refractivity (Wildman–Crippen MR) is 138 cm³/mol. The summed E-state index contributed by atoms with van der Waals surface area (Å²) in [6.45, 7) is 1.68. The number of ether oxygens (including phenoxy) is 4. The summed E-state index contributed by atoms with van der Waals surface area (Å²) < 4.78 is 24.3. The first-order valence-electron chi connectivity index (χ1n) is 12.2. The van der Waals surface area contributed by atoms with Crippen LogP contribution in [0.3, 0.4) is 0 Å². The molecule has 1 aliphatic rings. The van der Waals surface area contributed by atoms with Gasteiger partial charge in [-0.1, -0.05) is 31.8 Å². The fourth-order valence-electron chi connectivity index (χ4n) is 4.17. The highest BCUT2D eigenvalue weighted by Crippen LogP contribution is 2.41. The van der Waals surface area contributed by atoms with Gasteiger partial charge >= 0.3 is 12.1 Å². The van der Waals surface area contributed by atoms with Crippen LogP contribution in [0.15, 0.2) is 36.8 Å². The van der Waals surface area contributed by atoms with Gasteiger partial charge in [-0.2, -0.15) is 4.98 Å². The molecule has 2 N–H and O–H groups in total. The van der Waals surface area contributed by atoms with Crippen LogP contribution in [0.4, 0.5) is 10.6 Å². The maximum absolute atomic E-state index is 12.6. The van der Waals surface area contributed by atoms with Crippen LogP contribution < -0.4 is 5.73 Å². The topological polar surface area (TPSA) is 141 Å². The second-order valence-electron chi connectivity index (χ2n) is 8.80. The summed E-state index contributed by atoms with van der Waals surface area (Å²) in [6.07, 6.45) is 11.0. The van der Waals surface area contributed by atoms with Crippen LogP contribution in [0.2, 0.25) is 5.28 Å². The van der Waals surface area contributed by atoms with E-state index in [2.05, 4.69) is 20.9 Å². The highest BCUT2D eigenvalue weighted by molar-refractivity contribution is 6.28. The SMILES string of the molecule is C#C[C@]1(COC(=O)CCCCC)O[C@@H](n2ccc3c(N)nc(Cl)nc32)C[C@@H]1OC(=O)OCc1cccnc1. The van der Waals surface area contributed by atoms with E-state index in [0.717, 1.165) is 12.8 Å². The molecule has 0 unspecified atom stereocenters. The normalized spacial score (nSPS) is 20.7. The van der Waals surface area contributed by atoms with Gasteiger partial charge in [0.25, 0.3) is 0 Å². The number of hydrogen-bond acceptors (Lipinski definition) is 10. The molecular weight excluding hydrogens is 514 g/mol. The number of nitrogens with two attached hydrogens (primary N) is 1. The summed E-state index contributed by atoms with van der Waals surface area (Å²) in [7, 11) is 0. The first-order chi connectivity index (χ1) is 18.3. The molecule has 38 heavy (non-hydrogen) atoms. The van der Waals surface area contributed by atoms with Crippen LogP contribution in [0.5, 0.6) is 0 Å². The van der Waals surface area contributed by atoms with E-state index in [0.29, 0.717) is 23.0 Å². The molecule has 0 spiro atoms. The van der Waals surface area contributed by atoms with E-state index in [1.807, 2.05) is 6.92 Å². The average Bonchev–Trinajstić information content (AvgIpc) is 3.49. The number of carbonyl (C=O) groups excluding carboxylic acids is 2. The van der Waals surface area contributed by atoms with Crippen LogP contribution in [-0.2, 0) is 30.3 Å². The number of terminal acetylenes is 1. The molecule has 200 valence electrons. The second kappa shape index (κ2) is 12.1. The molecule has 4 heterocycles. The van der Waals surface area contributed by atoms with Crippen molar-refractivity contribution in [3.63, 3.8) is 0 Å². The summed E-state index contributed by atoms with van der Waals surface area (Å²) in [5.74, 6) is 2.33. The second-order valence-corrected chi connectivity index (χ2v) is 9.14. The van der Waals surface area contributed by atoms with E-state index in [9.17, 15) is 9.59 Å². The van der Waals surface area contributed by atoms with E-state index < -0.39 is 30.1 Å². The maximum Gasteiger partial charge on any atom is 0.509 e. The third kappa shape index (κ3) is 6.15. The zero-order valence-electron chi connectivity index (χ0n) is 20.8. The molecule has 3 atom stereocenters. The Balaban J connectivity index is 1.54. The van der Waals surface area contributed by atoms with Crippen LogP contribution in [0.1, 0.15) is 50.8 Å². The fraction of sp³-hybridized carbons (Fsp3) is 0.423. The lowest BCUT2D eigenvalue weighted by Crippen LogP contribution is -2.45. The van der Waals surface area contributed by atoms with E-state index in [4.69, 9.17) is 42.7 Å². The molecule has 4 rings (SSSR count). The van der Waals surface area contributed by atoms with Crippen molar-refractivity contribution in [3.8, 4) is 12.3 Å². The number of pyridine rings is 1. The monoisotopic (exact) mass is 541 g/mol. The van der Waals surface area contributed by atoms with Gasteiger partial charge in [-0.3, -0.25) is 9.78 Å². The van der Waals surface area contributed by atoms with Crippen LogP contribution in [0.25, 0.3) is 11.0 Å². The lowest BCUT2D eigenvalue weighted by Gasteiger charge is -2.28. The number of halogens is 1. The summed E-state index contributed by atoms with van der Waals surface area (Å²) in [6, 6.07) is 5.20. The molecular formula is C26H28ClN5O6. The highest BCUT2D eigenvalue weighted by atomic mass is 35.5. The van der Waals surface area contributed by atoms with Crippen molar-refractivity contribution in [2.45, 2.75) is 63.6 Å². The number of anilines is 1. The van der Waals surface area contributed by atoms with Crippen molar-refractivity contribution in [3.05, 3.63) is 47.6 Å². The zero-order valence-corrected chi connectivity index (χ0v) is 21.6. The Bertz CT molecular complexity index is 1330. The molecule has 3 aromatic rings. The minimum Gasteiger partial charge on any atom is -0.461 e. The van der Waals surface area contributed by atoms with Gasteiger partial charge in [0.15, 0.2) is 6.10 Å². The summed E-state index contributed by atoms with van der Waals surface area (Å²) in [5, 5.41) is 0.524. The van der Waals surface area contributed by atoms with Crippen molar-refractivity contribution in [2.24, 2.45) is 0 Å². The van der Waals surface area contributed by atoms with Crippen molar-refractivity contribution < 1.29 is 28.5 Å². The first kappa shape index (κ1) is 27.2. The number of aromatic nitrogens is 4. The van der Waals surface area contributed by atoms with Crippen LogP contribution in [0, 0.1) is 12.3 Å². The highest BCUT2D eigenvalue weighted by Gasteiger charge is 2.52. The van der Waals surface area contributed by atoms with Gasteiger partial charge in [-0.25, -0.2) is 9.78 Å². The Morgan fingerprint density at radius 3 is 2.89 bits per heavy atom. The number of hydrogen-bond donors (Lipinski definition) is 1. The van der Waals surface area contributed by atoms with Crippen LogP contribution in [-0.4, -0.2) is 50.0 Å². The van der Waals surface area contributed by atoms with Gasteiger partial charge in [0, 0.05) is 37.0 Å². The third-order valence-corrected chi connectivity index (χ3v) is 6.33. The predicted octanol–water partition coefficient (Wildman–Crippen LogP) is 4.20. The van der Waals surface area contributed by atoms with E-state index in [1.165, 1.54) is 0 Å². The molecule has 0 radical (unpaired) electrons. The first-order valence-corrected chi connectivity index (χ1v) is 12.6. The van der Waals surface area contributed by atoms with Gasteiger partial charge < -0.3 is 29.2 Å². The molecule has 1 aliphatic heterocycles. The quantitative estimate of drug-likeness (QED) is 0.172. The van der Waals surface area contributed by atoms with Crippen molar-refractivity contribution >= 4 is 40.6 Å². The van der Waals surface area contributed by atoms with Gasteiger partial charge in [-0.15, -0.1) is 6.42 Å². The molecule has 12 heteroatoms. The maximum atomic E-state index is 12.6. The van der Waals surface area contributed by atoms with E-state index >= 15 is 0 Å². The van der Waals surface area contributed by atoms with Crippen LogP contribution >= 0.6 is 11.6 Å². The molecule has 11 nitrogen and oxygen atoms in total. The Hall–Kier alpha value is -3.88. The minimum atomic E-state index is -1.57. The summed E-state index contributed by atoms with van der Waals surface area (Å²) in [5.41, 5.74) is 5.51. The number of rotatable bonds is 10. The van der Waals surface area contributed by atoms with Gasteiger partial charge in [0.1, 0.15) is 30.9 Å². The molecule has 0 aromatic carbocycles. The molecule has 1 fully saturated rings.